The lowest BCUT2D eigenvalue weighted by molar-refractivity contribution is -0.385. The summed E-state index contributed by atoms with van der Waals surface area (Å²) in [6.45, 7) is 0. The first-order chi connectivity index (χ1) is 15.5. The minimum Gasteiger partial charge on any atom is -0.493 e. The van der Waals surface area contributed by atoms with Gasteiger partial charge in [-0.25, -0.2) is 4.98 Å². The van der Waals surface area contributed by atoms with Crippen LogP contribution in [-0.4, -0.2) is 35.0 Å². The molecule has 0 radical (unpaired) electrons. The van der Waals surface area contributed by atoms with Crippen LogP contribution in [0.4, 0.5) is 5.69 Å². The van der Waals surface area contributed by atoms with Crippen molar-refractivity contribution in [2.24, 2.45) is 5.10 Å². The minimum atomic E-state index is -0.572. The standard InChI is InChI=1S/C23H18N4O5/c1-31-20-13-15(12-19(27(29)30)21(20)32-2)14-24-26-22(16-8-4-3-5-9-16)25-18-11-7-6-10-17(18)23(26)28/h3-14H,1-2H3. The van der Waals surface area contributed by atoms with Crippen LogP contribution in [0.5, 0.6) is 11.5 Å². The fourth-order valence-corrected chi connectivity index (χ4v) is 3.30. The van der Waals surface area contributed by atoms with Crippen molar-refractivity contribution < 1.29 is 14.4 Å². The van der Waals surface area contributed by atoms with E-state index in [4.69, 9.17) is 9.47 Å². The third-order valence-corrected chi connectivity index (χ3v) is 4.79. The number of hydrogen-bond donors (Lipinski definition) is 0. The Kier molecular flexibility index (Phi) is 5.63. The van der Waals surface area contributed by atoms with E-state index >= 15 is 0 Å². The van der Waals surface area contributed by atoms with Crippen molar-refractivity contribution in [1.29, 1.82) is 0 Å². The second-order valence-electron chi connectivity index (χ2n) is 6.71. The van der Waals surface area contributed by atoms with E-state index in [2.05, 4.69) is 10.1 Å². The number of ether oxygens (including phenoxy) is 2. The molecule has 0 atom stereocenters. The van der Waals surface area contributed by atoms with E-state index in [0.29, 0.717) is 27.9 Å². The molecule has 32 heavy (non-hydrogen) atoms. The maximum absolute atomic E-state index is 13.2. The van der Waals surface area contributed by atoms with Crippen LogP contribution in [0.2, 0.25) is 0 Å². The molecule has 9 heteroatoms. The molecule has 0 spiro atoms. The zero-order valence-electron chi connectivity index (χ0n) is 17.3. The molecule has 0 saturated carbocycles. The first-order valence-corrected chi connectivity index (χ1v) is 9.55. The highest BCUT2D eigenvalue weighted by Gasteiger charge is 2.21. The molecule has 0 aliphatic carbocycles. The molecule has 0 bridgehead atoms. The highest BCUT2D eigenvalue weighted by atomic mass is 16.6. The lowest BCUT2D eigenvalue weighted by Crippen LogP contribution is -2.20. The van der Waals surface area contributed by atoms with Gasteiger partial charge >= 0.3 is 5.69 Å². The average Bonchev–Trinajstić information content (AvgIpc) is 2.83. The van der Waals surface area contributed by atoms with Gasteiger partial charge in [0, 0.05) is 17.2 Å². The van der Waals surface area contributed by atoms with Gasteiger partial charge in [0.15, 0.2) is 11.6 Å². The quantitative estimate of drug-likeness (QED) is 0.261. The summed E-state index contributed by atoms with van der Waals surface area (Å²) in [4.78, 5) is 28.7. The van der Waals surface area contributed by atoms with E-state index in [0.717, 1.165) is 0 Å². The normalized spacial score (nSPS) is 11.1. The van der Waals surface area contributed by atoms with Crippen molar-refractivity contribution in [3.8, 4) is 22.9 Å². The molecule has 160 valence electrons. The number of rotatable bonds is 6. The molecule has 4 aromatic rings. The molecule has 9 nitrogen and oxygen atoms in total. The van der Waals surface area contributed by atoms with Crippen LogP contribution in [0.15, 0.2) is 76.6 Å². The van der Waals surface area contributed by atoms with Crippen molar-refractivity contribution in [1.82, 2.24) is 9.66 Å². The molecule has 0 saturated heterocycles. The fraction of sp³-hybridized carbons (Fsp3) is 0.0870. The molecule has 0 fully saturated rings. The Morgan fingerprint density at radius 3 is 2.44 bits per heavy atom. The first-order valence-electron chi connectivity index (χ1n) is 9.55. The Labute approximate surface area is 182 Å². The van der Waals surface area contributed by atoms with Gasteiger partial charge in [-0.3, -0.25) is 14.9 Å². The van der Waals surface area contributed by atoms with Gasteiger partial charge in [-0.2, -0.15) is 9.78 Å². The Morgan fingerprint density at radius 2 is 1.75 bits per heavy atom. The number of nitro benzene ring substituents is 1. The third kappa shape index (κ3) is 3.79. The van der Waals surface area contributed by atoms with Crippen molar-refractivity contribution in [2.45, 2.75) is 0 Å². The maximum Gasteiger partial charge on any atom is 0.315 e. The summed E-state index contributed by atoms with van der Waals surface area (Å²) in [5.74, 6) is 0.528. The van der Waals surface area contributed by atoms with E-state index < -0.39 is 4.92 Å². The molecule has 4 rings (SSSR count). The number of methoxy groups -OCH3 is 2. The highest BCUT2D eigenvalue weighted by Crippen LogP contribution is 2.37. The molecule has 0 N–H and O–H groups in total. The van der Waals surface area contributed by atoms with Crippen LogP contribution in [0.1, 0.15) is 5.56 Å². The predicted molar refractivity (Wildman–Crippen MR) is 121 cm³/mol. The number of para-hydroxylation sites is 1. The van der Waals surface area contributed by atoms with Crippen molar-refractivity contribution >= 4 is 22.8 Å². The van der Waals surface area contributed by atoms with E-state index in [1.165, 1.54) is 37.2 Å². The van der Waals surface area contributed by atoms with E-state index in [-0.39, 0.29) is 22.7 Å². The molecular formula is C23H18N4O5. The Hall–Kier alpha value is -4.53. The minimum absolute atomic E-state index is 0.00385. The second-order valence-corrected chi connectivity index (χ2v) is 6.71. The number of nitro groups is 1. The van der Waals surface area contributed by atoms with Crippen LogP contribution in [0, 0.1) is 10.1 Å². The summed E-state index contributed by atoms with van der Waals surface area (Å²) in [7, 11) is 2.71. The van der Waals surface area contributed by atoms with Gasteiger partial charge in [-0.1, -0.05) is 42.5 Å². The molecule has 3 aromatic carbocycles. The number of hydrogen-bond acceptors (Lipinski definition) is 7. The number of fused-ring (bicyclic) bond motifs is 1. The predicted octanol–water partition coefficient (Wildman–Crippen LogP) is 3.87. The van der Waals surface area contributed by atoms with E-state index in [1.807, 2.05) is 30.3 Å². The topological polar surface area (TPSA) is 109 Å². The molecule has 1 aromatic heterocycles. The van der Waals surface area contributed by atoms with Gasteiger partial charge in [0.2, 0.25) is 5.75 Å². The largest absolute Gasteiger partial charge is 0.493 e. The van der Waals surface area contributed by atoms with Crippen LogP contribution < -0.4 is 15.0 Å². The zero-order chi connectivity index (χ0) is 22.7. The monoisotopic (exact) mass is 430 g/mol. The van der Waals surface area contributed by atoms with Crippen molar-refractivity contribution in [3.63, 3.8) is 0 Å². The second kappa shape index (κ2) is 8.68. The van der Waals surface area contributed by atoms with Gasteiger partial charge < -0.3 is 9.47 Å². The van der Waals surface area contributed by atoms with Gasteiger partial charge in [-0.05, 0) is 18.2 Å². The summed E-state index contributed by atoms with van der Waals surface area (Å²) in [5.41, 5.74) is 0.963. The van der Waals surface area contributed by atoms with Gasteiger partial charge in [0.1, 0.15) is 0 Å². The summed E-state index contributed by atoms with van der Waals surface area (Å²) >= 11 is 0. The Balaban J connectivity index is 1.91. The van der Waals surface area contributed by atoms with Gasteiger partial charge in [-0.15, -0.1) is 0 Å². The van der Waals surface area contributed by atoms with Crippen LogP contribution in [0.25, 0.3) is 22.3 Å². The number of nitrogens with zero attached hydrogens (tertiary/aromatic N) is 4. The van der Waals surface area contributed by atoms with Crippen molar-refractivity contribution in [3.05, 3.63) is 92.8 Å². The third-order valence-electron chi connectivity index (χ3n) is 4.79. The number of aromatic nitrogens is 2. The molecular weight excluding hydrogens is 412 g/mol. The summed E-state index contributed by atoms with van der Waals surface area (Å²) in [6.07, 6.45) is 1.35. The Bertz CT molecular complexity index is 1400. The summed E-state index contributed by atoms with van der Waals surface area (Å²) in [6, 6.07) is 19.0. The smallest absolute Gasteiger partial charge is 0.315 e. The maximum atomic E-state index is 13.2. The lowest BCUT2D eigenvalue weighted by atomic mass is 10.2. The molecule has 0 amide bonds. The Morgan fingerprint density at radius 1 is 1.03 bits per heavy atom. The SMILES string of the molecule is COc1cc(C=Nn2c(-c3ccccc3)nc3ccccc3c2=O)cc([N+](=O)[O-])c1OC. The molecule has 0 unspecified atom stereocenters. The summed E-state index contributed by atoms with van der Waals surface area (Å²) < 4.78 is 11.5. The lowest BCUT2D eigenvalue weighted by Gasteiger charge is -2.10. The highest BCUT2D eigenvalue weighted by molar-refractivity contribution is 5.84. The van der Waals surface area contributed by atoms with Crippen LogP contribution >= 0.6 is 0 Å². The van der Waals surface area contributed by atoms with Gasteiger partial charge in [0.25, 0.3) is 5.56 Å². The number of benzene rings is 3. The molecule has 0 aliphatic heterocycles. The molecule has 0 aliphatic rings. The first kappa shape index (κ1) is 20.7. The van der Waals surface area contributed by atoms with Crippen molar-refractivity contribution in [2.75, 3.05) is 14.2 Å². The molecule has 1 heterocycles. The van der Waals surface area contributed by atoms with Crippen LogP contribution in [-0.2, 0) is 0 Å². The fourth-order valence-electron chi connectivity index (χ4n) is 3.30. The van der Waals surface area contributed by atoms with Gasteiger partial charge in [0.05, 0.1) is 36.3 Å². The zero-order valence-corrected chi connectivity index (χ0v) is 17.3. The average molecular weight is 430 g/mol. The summed E-state index contributed by atoms with van der Waals surface area (Å²) in [5, 5.41) is 16.2. The van der Waals surface area contributed by atoms with E-state index in [9.17, 15) is 14.9 Å². The van der Waals surface area contributed by atoms with E-state index in [1.54, 1.807) is 24.3 Å². The van der Waals surface area contributed by atoms with Crippen LogP contribution in [0.3, 0.4) is 0 Å².